The summed E-state index contributed by atoms with van der Waals surface area (Å²) in [4.78, 5) is 10.6. The molecule has 0 saturated carbocycles. The van der Waals surface area contributed by atoms with E-state index in [-0.39, 0.29) is 5.69 Å². The molecule has 16 heavy (non-hydrogen) atoms. The van der Waals surface area contributed by atoms with Crippen LogP contribution < -0.4 is 0 Å². The van der Waals surface area contributed by atoms with Crippen molar-refractivity contribution in [1.82, 2.24) is 5.16 Å². The maximum absolute atomic E-state index is 10.6. The van der Waals surface area contributed by atoms with Crippen LogP contribution in [0.1, 0.15) is 16.1 Å². The molecule has 0 radical (unpaired) electrons. The van der Waals surface area contributed by atoms with Gasteiger partial charge >= 0.3 is 5.97 Å². The molecule has 0 atom stereocenters. The first-order valence-corrected chi connectivity index (χ1v) is 4.92. The zero-order chi connectivity index (χ0) is 11.7. The highest BCUT2D eigenvalue weighted by Crippen LogP contribution is 2.29. The Labute approximate surface area is 96.4 Å². The van der Waals surface area contributed by atoms with Gasteiger partial charge in [-0.3, -0.25) is 0 Å². The SMILES string of the molecule is Cc1ccc(Cl)c(-c2cc(C(=O)O)no2)c1. The van der Waals surface area contributed by atoms with Gasteiger partial charge in [0.25, 0.3) is 0 Å². The molecule has 0 fully saturated rings. The van der Waals surface area contributed by atoms with Crippen molar-refractivity contribution in [1.29, 1.82) is 0 Å². The fraction of sp³-hybridized carbons (Fsp3) is 0.0909. The number of nitrogens with zero attached hydrogens (tertiary/aromatic N) is 1. The van der Waals surface area contributed by atoms with Crippen LogP contribution in [0, 0.1) is 6.92 Å². The molecule has 0 amide bonds. The lowest BCUT2D eigenvalue weighted by molar-refractivity contribution is 0.0686. The van der Waals surface area contributed by atoms with Crippen LogP contribution in [-0.4, -0.2) is 16.2 Å². The Morgan fingerprint density at radius 2 is 2.19 bits per heavy atom. The van der Waals surface area contributed by atoms with Crippen LogP contribution in [0.3, 0.4) is 0 Å². The van der Waals surface area contributed by atoms with Crippen LogP contribution in [-0.2, 0) is 0 Å². The number of hydrogen-bond acceptors (Lipinski definition) is 3. The summed E-state index contributed by atoms with van der Waals surface area (Å²) in [5.41, 5.74) is 1.52. The van der Waals surface area contributed by atoms with Crippen molar-refractivity contribution in [2.45, 2.75) is 6.92 Å². The monoisotopic (exact) mass is 237 g/mol. The highest BCUT2D eigenvalue weighted by molar-refractivity contribution is 6.33. The Balaban J connectivity index is 2.50. The first-order valence-electron chi connectivity index (χ1n) is 4.54. The minimum Gasteiger partial charge on any atom is -0.476 e. The van der Waals surface area contributed by atoms with Gasteiger partial charge in [-0.15, -0.1) is 0 Å². The van der Waals surface area contributed by atoms with E-state index in [1.54, 1.807) is 6.07 Å². The molecule has 0 aliphatic carbocycles. The second-order valence-corrected chi connectivity index (χ2v) is 3.77. The number of carboxylic acids is 1. The van der Waals surface area contributed by atoms with Crippen molar-refractivity contribution in [3.8, 4) is 11.3 Å². The number of benzene rings is 1. The van der Waals surface area contributed by atoms with Crippen molar-refractivity contribution >= 4 is 17.6 Å². The number of aryl methyl sites for hydroxylation is 1. The predicted molar refractivity (Wildman–Crippen MR) is 58.6 cm³/mol. The summed E-state index contributed by atoms with van der Waals surface area (Å²) in [7, 11) is 0. The van der Waals surface area contributed by atoms with Crippen LogP contribution in [0.5, 0.6) is 0 Å². The smallest absolute Gasteiger partial charge is 0.358 e. The second-order valence-electron chi connectivity index (χ2n) is 3.36. The van der Waals surface area contributed by atoms with E-state index in [1.165, 1.54) is 6.07 Å². The fourth-order valence-corrected chi connectivity index (χ4v) is 1.54. The van der Waals surface area contributed by atoms with E-state index < -0.39 is 5.97 Å². The zero-order valence-electron chi connectivity index (χ0n) is 8.40. The standard InChI is InChI=1S/C11H8ClNO3/c1-6-2-3-8(12)7(4-6)10-5-9(11(14)15)13-16-10/h2-5H,1H3,(H,14,15). The number of carbonyl (C=O) groups is 1. The highest BCUT2D eigenvalue weighted by atomic mass is 35.5. The molecule has 5 heteroatoms. The second kappa shape index (κ2) is 3.98. The van der Waals surface area contributed by atoms with Crippen LogP contribution in [0.4, 0.5) is 0 Å². The Kier molecular flexibility index (Phi) is 2.66. The first-order chi connectivity index (χ1) is 7.58. The molecule has 0 saturated heterocycles. The highest BCUT2D eigenvalue weighted by Gasteiger charge is 2.14. The normalized spacial score (nSPS) is 10.4. The van der Waals surface area contributed by atoms with Crippen molar-refractivity contribution in [3.05, 3.63) is 40.5 Å². The van der Waals surface area contributed by atoms with Gasteiger partial charge < -0.3 is 9.63 Å². The van der Waals surface area contributed by atoms with Gasteiger partial charge in [0.15, 0.2) is 11.5 Å². The maximum atomic E-state index is 10.6. The average molecular weight is 238 g/mol. The zero-order valence-corrected chi connectivity index (χ0v) is 9.15. The van der Waals surface area contributed by atoms with E-state index >= 15 is 0 Å². The van der Waals surface area contributed by atoms with E-state index in [1.807, 2.05) is 19.1 Å². The number of carboxylic acid groups (broad SMARTS) is 1. The third kappa shape index (κ3) is 1.92. The Bertz CT molecular complexity index is 548. The Morgan fingerprint density at radius 1 is 1.44 bits per heavy atom. The number of aromatic nitrogens is 1. The molecular weight excluding hydrogens is 230 g/mol. The number of rotatable bonds is 2. The molecule has 0 spiro atoms. The minimum absolute atomic E-state index is 0.132. The van der Waals surface area contributed by atoms with Gasteiger partial charge in [-0.05, 0) is 19.1 Å². The first kappa shape index (κ1) is 10.7. The number of aromatic carboxylic acids is 1. The van der Waals surface area contributed by atoms with Gasteiger partial charge in [0.2, 0.25) is 0 Å². The molecule has 4 nitrogen and oxygen atoms in total. The molecule has 1 heterocycles. The topological polar surface area (TPSA) is 63.3 Å². The van der Waals surface area contributed by atoms with Crippen molar-refractivity contribution in [2.24, 2.45) is 0 Å². The van der Waals surface area contributed by atoms with Gasteiger partial charge in [0.1, 0.15) is 0 Å². The van der Waals surface area contributed by atoms with Gasteiger partial charge in [0, 0.05) is 11.6 Å². The predicted octanol–water partition coefficient (Wildman–Crippen LogP) is 3.00. The van der Waals surface area contributed by atoms with E-state index in [4.69, 9.17) is 21.2 Å². The van der Waals surface area contributed by atoms with E-state index in [0.29, 0.717) is 16.3 Å². The van der Waals surface area contributed by atoms with Gasteiger partial charge in [-0.25, -0.2) is 4.79 Å². The minimum atomic E-state index is -1.13. The summed E-state index contributed by atoms with van der Waals surface area (Å²) in [6.45, 7) is 1.91. The molecule has 1 N–H and O–H groups in total. The lowest BCUT2D eigenvalue weighted by Gasteiger charge is -2.00. The van der Waals surface area contributed by atoms with Gasteiger partial charge in [-0.2, -0.15) is 0 Å². The van der Waals surface area contributed by atoms with Crippen LogP contribution in [0.2, 0.25) is 5.02 Å². The molecule has 0 aliphatic heterocycles. The lowest BCUT2D eigenvalue weighted by Crippen LogP contribution is -1.94. The van der Waals surface area contributed by atoms with Crippen molar-refractivity contribution in [2.75, 3.05) is 0 Å². The van der Waals surface area contributed by atoms with Crippen molar-refractivity contribution in [3.63, 3.8) is 0 Å². The van der Waals surface area contributed by atoms with E-state index in [9.17, 15) is 4.79 Å². The van der Waals surface area contributed by atoms with Crippen molar-refractivity contribution < 1.29 is 14.4 Å². The van der Waals surface area contributed by atoms with Crippen LogP contribution in [0.25, 0.3) is 11.3 Å². The summed E-state index contributed by atoms with van der Waals surface area (Å²) in [5.74, 6) is -0.773. The fourth-order valence-electron chi connectivity index (χ4n) is 1.33. The molecule has 0 bridgehead atoms. The summed E-state index contributed by atoms with van der Waals surface area (Å²) in [5, 5.41) is 12.6. The quantitative estimate of drug-likeness (QED) is 0.872. The molecule has 0 unspecified atom stereocenters. The summed E-state index contributed by atoms with van der Waals surface area (Å²) >= 11 is 5.98. The average Bonchev–Trinajstić information content (AvgIpc) is 2.70. The summed E-state index contributed by atoms with van der Waals surface area (Å²) < 4.78 is 4.93. The lowest BCUT2D eigenvalue weighted by atomic mass is 10.1. The molecule has 1 aromatic heterocycles. The maximum Gasteiger partial charge on any atom is 0.358 e. The van der Waals surface area contributed by atoms with Crippen LogP contribution >= 0.6 is 11.6 Å². The van der Waals surface area contributed by atoms with Gasteiger partial charge in [0.05, 0.1) is 5.02 Å². The largest absolute Gasteiger partial charge is 0.476 e. The van der Waals surface area contributed by atoms with Crippen LogP contribution in [0.15, 0.2) is 28.8 Å². The third-order valence-electron chi connectivity index (χ3n) is 2.12. The van der Waals surface area contributed by atoms with E-state index in [0.717, 1.165) is 5.56 Å². The molecule has 2 aromatic rings. The van der Waals surface area contributed by atoms with Gasteiger partial charge in [-0.1, -0.05) is 28.4 Å². The molecule has 1 aromatic carbocycles. The Hall–Kier alpha value is -1.81. The molecular formula is C11H8ClNO3. The summed E-state index contributed by atoms with van der Waals surface area (Å²) in [6.07, 6.45) is 0. The molecule has 0 aliphatic rings. The Morgan fingerprint density at radius 3 is 2.81 bits per heavy atom. The number of hydrogen-bond donors (Lipinski definition) is 1. The van der Waals surface area contributed by atoms with E-state index in [2.05, 4.69) is 5.16 Å². The molecule has 82 valence electrons. The summed E-state index contributed by atoms with van der Waals surface area (Å²) in [6, 6.07) is 6.76. The number of halogens is 1. The molecule has 2 rings (SSSR count). The third-order valence-corrected chi connectivity index (χ3v) is 2.45.